The van der Waals surface area contributed by atoms with Gasteiger partial charge in [-0.25, -0.2) is 8.78 Å². The van der Waals surface area contributed by atoms with Gasteiger partial charge in [0.1, 0.15) is 11.6 Å². The van der Waals surface area contributed by atoms with Crippen molar-refractivity contribution in [1.82, 2.24) is 0 Å². The second-order valence-corrected chi connectivity index (χ2v) is 5.55. The Balaban J connectivity index is 2.25. The summed E-state index contributed by atoms with van der Waals surface area (Å²) in [6.07, 6.45) is 3.17. The number of nitrogens with zero attached hydrogens (tertiary/aromatic N) is 2. The Kier molecular flexibility index (Phi) is 6.75. The zero-order valence-electron chi connectivity index (χ0n) is 15.0. The van der Waals surface area contributed by atoms with Crippen molar-refractivity contribution >= 4 is 35.1 Å². The number of hydrogen-bond donors (Lipinski definition) is 2. The van der Waals surface area contributed by atoms with Crippen LogP contribution in [-0.2, 0) is 9.59 Å². The first-order valence-corrected chi connectivity index (χ1v) is 8.09. The monoisotopic (exact) mass is 384 g/mol. The summed E-state index contributed by atoms with van der Waals surface area (Å²) in [4.78, 5) is 29.2. The van der Waals surface area contributed by atoms with Gasteiger partial charge in [0, 0.05) is 25.1 Å². The van der Waals surface area contributed by atoms with Gasteiger partial charge in [0.25, 0.3) is 5.91 Å². The Hall–Kier alpha value is -3.81. The lowest BCUT2D eigenvalue weighted by atomic mass is 10.2. The van der Waals surface area contributed by atoms with E-state index in [1.165, 1.54) is 42.3 Å². The number of benzene rings is 2. The van der Waals surface area contributed by atoms with Crippen LogP contribution in [0.3, 0.4) is 0 Å². The van der Waals surface area contributed by atoms with Gasteiger partial charge < -0.3 is 16.0 Å². The third kappa shape index (κ3) is 4.88. The topological polar surface area (TPSA) is 87.8 Å². The number of aliphatic imine (C=N–C) groups is 1. The highest BCUT2D eigenvalue weighted by Crippen LogP contribution is 2.23. The van der Waals surface area contributed by atoms with Crippen LogP contribution in [-0.4, -0.2) is 25.1 Å². The number of hydrogen-bond acceptors (Lipinski definition) is 4. The predicted molar refractivity (Wildman–Crippen MR) is 105 cm³/mol. The lowest BCUT2D eigenvalue weighted by Gasteiger charge is -2.19. The van der Waals surface area contributed by atoms with Gasteiger partial charge in [-0.05, 0) is 36.4 Å². The van der Waals surface area contributed by atoms with Crippen LogP contribution in [0.5, 0.6) is 0 Å². The molecule has 0 radical (unpaired) electrons. The Morgan fingerprint density at radius 2 is 1.89 bits per heavy atom. The lowest BCUT2D eigenvalue weighted by molar-refractivity contribution is -0.114. The van der Waals surface area contributed by atoms with Crippen LogP contribution >= 0.6 is 0 Å². The third-order valence-electron chi connectivity index (χ3n) is 3.71. The maximum absolute atomic E-state index is 13.9. The molecular weight excluding hydrogens is 366 g/mol. The first-order valence-electron chi connectivity index (χ1n) is 8.09. The van der Waals surface area contributed by atoms with Gasteiger partial charge in [0.15, 0.2) is 0 Å². The van der Waals surface area contributed by atoms with E-state index in [0.29, 0.717) is 5.69 Å². The van der Waals surface area contributed by atoms with Gasteiger partial charge in [-0.15, -0.1) is 0 Å². The Labute approximate surface area is 160 Å². The molecule has 0 saturated heterocycles. The van der Waals surface area contributed by atoms with Crippen molar-refractivity contribution in [3.8, 4) is 0 Å². The number of nitrogens with one attached hydrogen (secondary N) is 1. The maximum atomic E-state index is 13.9. The minimum absolute atomic E-state index is 0.00763. The third-order valence-corrected chi connectivity index (χ3v) is 3.71. The average molecular weight is 384 g/mol. The molecule has 6 nitrogen and oxygen atoms in total. The number of carbonyl (C=O) groups is 2. The van der Waals surface area contributed by atoms with E-state index in [9.17, 15) is 18.4 Å². The summed E-state index contributed by atoms with van der Waals surface area (Å²) in [6.45, 7) is 3.30. The molecule has 0 aliphatic carbocycles. The molecule has 0 aliphatic heterocycles. The Bertz CT molecular complexity index is 970. The summed E-state index contributed by atoms with van der Waals surface area (Å²) >= 11 is 0. The Morgan fingerprint density at radius 1 is 1.18 bits per heavy atom. The molecule has 0 spiro atoms. The zero-order chi connectivity index (χ0) is 20.7. The summed E-state index contributed by atoms with van der Waals surface area (Å²) in [5, 5.41) is 2.31. The normalized spacial score (nSPS) is 11.3. The number of nitrogens with two attached hydrogens (primary N) is 1. The standard InChI is InChI=1S/C20H18F2N4O2/c1-3-19(27)25-18-10-14(8-9-16(18)22)26(2)20(28)13(11-23)12-24-17-7-5-4-6-15(17)21/h3-12H,1,23H2,2H3,(H,25,27)/b13-11+,24-12?. The van der Waals surface area contributed by atoms with Gasteiger partial charge in [-0.1, -0.05) is 18.7 Å². The smallest absolute Gasteiger partial charge is 0.261 e. The van der Waals surface area contributed by atoms with E-state index in [1.807, 2.05) is 0 Å². The van der Waals surface area contributed by atoms with Crippen LogP contribution in [0.25, 0.3) is 0 Å². The van der Waals surface area contributed by atoms with E-state index in [2.05, 4.69) is 16.9 Å². The number of para-hydroxylation sites is 1. The molecule has 2 aromatic carbocycles. The van der Waals surface area contributed by atoms with Gasteiger partial charge in [-0.2, -0.15) is 0 Å². The molecule has 28 heavy (non-hydrogen) atoms. The average Bonchev–Trinajstić information content (AvgIpc) is 2.70. The highest BCUT2D eigenvalue weighted by atomic mass is 19.1. The van der Waals surface area contributed by atoms with Gasteiger partial charge >= 0.3 is 0 Å². The predicted octanol–water partition coefficient (Wildman–Crippen LogP) is 3.30. The van der Waals surface area contributed by atoms with Gasteiger partial charge in [0.05, 0.1) is 16.9 Å². The first kappa shape index (κ1) is 20.5. The fourth-order valence-electron chi connectivity index (χ4n) is 2.18. The van der Waals surface area contributed by atoms with Crippen LogP contribution in [0.1, 0.15) is 0 Å². The molecule has 144 valence electrons. The summed E-state index contributed by atoms with van der Waals surface area (Å²) in [7, 11) is 1.44. The summed E-state index contributed by atoms with van der Waals surface area (Å²) in [5.41, 5.74) is 5.73. The molecule has 2 aromatic rings. The van der Waals surface area contributed by atoms with Crippen LogP contribution in [0.15, 0.2) is 71.9 Å². The molecule has 8 heteroatoms. The number of likely N-dealkylation sites (N-methyl/N-ethyl adjacent to an activating group) is 1. The van der Waals surface area contributed by atoms with E-state index in [4.69, 9.17) is 5.73 Å². The molecule has 2 amide bonds. The molecule has 0 aliphatic rings. The summed E-state index contributed by atoms with van der Waals surface area (Å²) < 4.78 is 27.5. The molecule has 2 rings (SSSR count). The van der Waals surface area contributed by atoms with E-state index in [0.717, 1.165) is 24.6 Å². The quantitative estimate of drug-likeness (QED) is 0.592. The molecule has 0 atom stereocenters. The number of anilines is 2. The second kappa shape index (κ2) is 9.22. The van der Waals surface area contributed by atoms with E-state index in [1.54, 1.807) is 6.07 Å². The largest absolute Gasteiger partial charge is 0.404 e. The first-order chi connectivity index (χ1) is 13.4. The molecule has 0 fully saturated rings. The van der Waals surface area contributed by atoms with Crippen molar-refractivity contribution < 1.29 is 18.4 Å². The fraction of sp³-hybridized carbons (Fsp3) is 0.0500. The summed E-state index contributed by atoms with van der Waals surface area (Å²) in [5.74, 6) is -2.37. The number of amides is 2. The van der Waals surface area contributed by atoms with Crippen molar-refractivity contribution in [2.24, 2.45) is 10.7 Å². The maximum Gasteiger partial charge on any atom is 0.261 e. The van der Waals surface area contributed by atoms with Crippen molar-refractivity contribution in [2.45, 2.75) is 0 Å². The van der Waals surface area contributed by atoms with Crippen LogP contribution in [0.4, 0.5) is 25.8 Å². The lowest BCUT2D eigenvalue weighted by Crippen LogP contribution is -2.29. The second-order valence-electron chi connectivity index (χ2n) is 5.55. The van der Waals surface area contributed by atoms with Crippen molar-refractivity contribution in [1.29, 1.82) is 0 Å². The minimum atomic E-state index is -0.671. The molecular formula is C20H18F2N4O2. The molecule has 0 heterocycles. The molecule has 0 bridgehead atoms. The molecule has 0 unspecified atom stereocenters. The summed E-state index contributed by atoms with van der Waals surface area (Å²) in [6, 6.07) is 9.57. The highest BCUT2D eigenvalue weighted by molar-refractivity contribution is 6.19. The van der Waals surface area contributed by atoms with Gasteiger partial charge in [-0.3, -0.25) is 14.6 Å². The van der Waals surface area contributed by atoms with Crippen molar-refractivity contribution in [2.75, 3.05) is 17.3 Å². The zero-order valence-corrected chi connectivity index (χ0v) is 15.0. The molecule has 0 aromatic heterocycles. The van der Waals surface area contributed by atoms with Gasteiger partial charge in [0.2, 0.25) is 5.91 Å². The number of carbonyl (C=O) groups excluding carboxylic acids is 2. The van der Waals surface area contributed by atoms with Crippen LogP contribution in [0, 0.1) is 11.6 Å². The molecule has 0 saturated carbocycles. The minimum Gasteiger partial charge on any atom is -0.404 e. The van der Waals surface area contributed by atoms with E-state index >= 15 is 0 Å². The molecule has 3 N–H and O–H groups in total. The number of rotatable bonds is 6. The van der Waals surface area contributed by atoms with Crippen LogP contribution in [0.2, 0.25) is 0 Å². The van der Waals surface area contributed by atoms with E-state index in [-0.39, 0.29) is 16.9 Å². The van der Waals surface area contributed by atoms with Crippen LogP contribution < -0.4 is 16.0 Å². The van der Waals surface area contributed by atoms with Crippen molar-refractivity contribution in [3.05, 3.63) is 78.5 Å². The highest BCUT2D eigenvalue weighted by Gasteiger charge is 2.17. The fourth-order valence-corrected chi connectivity index (χ4v) is 2.18. The van der Waals surface area contributed by atoms with Crippen molar-refractivity contribution in [3.63, 3.8) is 0 Å². The Morgan fingerprint density at radius 3 is 2.54 bits per heavy atom. The SMILES string of the molecule is C=CC(=O)Nc1cc(N(C)C(=O)/C(C=Nc2ccccc2F)=C/N)ccc1F. The number of halogens is 2. The van der Waals surface area contributed by atoms with E-state index < -0.39 is 23.4 Å².